The number of piperidine rings is 2. The van der Waals surface area contributed by atoms with Gasteiger partial charge in [-0.25, -0.2) is 9.97 Å². The third-order valence-corrected chi connectivity index (χ3v) is 6.64. The highest BCUT2D eigenvalue weighted by atomic mass is 16.5. The molecule has 28 heavy (non-hydrogen) atoms. The zero-order chi connectivity index (χ0) is 19.7. The second-order valence-corrected chi connectivity index (χ2v) is 8.62. The number of nitrogens with zero attached hydrogens (tertiary/aromatic N) is 4. The minimum Gasteiger partial charge on any atom is -0.376 e. The maximum absolute atomic E-state index is 12.9. The van der Waals surface area contributed by atoms with Gasteiger partial charge in [0.1, 0.15) is 5.82 Å². The highest BCUT2D eigenvalue weighted by molar-refractivity contribution is 5.95. The number of hydrogen-bond acceptors (Lipinski definition) is 5. The van der Waals surface area contributed by atoms with Crippen LogP contribution in [0.25, 0.3) is 0 Å². The van der Waals surface area contributed by atoms with Gasteiger partial charge < -0.3 is 14.5 Å². The predicted octanol–water partition coefficient (Wildman–Crippen LogP) is 2.12. The molecule has 7 nitrogen and oxygen atoms in total. The summed E-state index contributed by atoms with van der Waals surface area (Å²) in [6.07, 6.45) is 7.43. The Morgan fingerprint density at radius 3 is 2.75 bits per heavy atom. The van der Waals surface area contributed by atoms with Gasteiger partial charge >= 0.3 is 0 Å². The molecule has 1 aromatic heterocycles. The number of likely N-dealkylation sites (tertiary alicyclic amines) is 2. The first-order valence-corrected chi connectivity index (χ1v) is 10.4. The van der Waals surface area contributed by atoms with Crippen molar-refractivity contribution < 1.29 is 14.3 Å². The van der Waals surface area contributed by atoms with Crippen LogP contribution in [0.3, 0.4) is 0 Å². The molecular formula is C21H30N4O3. The maximum Gasteiger partial charge on any atom is 0.257 e. The van der Waals surface area contributed by atoms with E-state index in [9.17, 15) is 9.59 Å². The minimum atomic E-state index is 0.0236. The number of rotatable bonds is 3. The third-order valence-electron chi connectivity index (χ3n) is 6.64. The Balaban J connectivity index is 1.38. The van der Waals surface area contributed by atoms with Gasteiger partial charge in [0.15, 0.2) is 0 Å². The Morgan fingerprint density at radius 2 is 2.07 bits per heavy atom. The molecule has 2 amide bonds. The van der Waals surface area contributed by atoms with Crippen LogP contribution in [-0.4, -0.2) is 70.5 Å². The topological polar surface area (TPSA) is 75.6 Å². The van der Waals surface area contributed by atoms with E-state index in [1.165, 1.54) is 0 Å². The predicted molar refractivity (Wildman–Crippen MR) is 104 cm³/mol. The van der Waals surface area contributed by atoms with E-state index in [1.54, 1.807) is 6.20 Å². The monoisotopic (exact) mass is 386 g/mol. The van der Waals surface area contributed by atoms with Crippen molar-refractivity contribution in [3.05, 3.63) is 23.3 Å². The van der Waals surface area contributed by atoms with E-state index in [0.717, 1.165) is 70.6 Å². The van der Waals surface area contributed by atoms with Crippen molar-refractivity contribution in [2.75, 3.05) is 32.8 Å². The van der Waals surface area contributed by atoms with Crippen LogP contribution in [0, 0.1) is 19.3 Å². The summed E-state index contributed by atoms with van der Waals surface area (Å²) in [6.45, 7) is 7.50. The number of carbonyl (C=O) groups excluding carboxylic acids is 2. The molecule has 4 rings (SSSR count). The summed E-state index contributed by atoms with van der Waals surface area (Å²) in [4.78, 5) is 37.8. The van der Waals surface area contributed by atoms with Crippen molar-refractivity contribution in [1.29, 1.82) is 0 Å². The van der Waals surface area contributed by atoms with Crippen molar-refractivity contribution in [1.82, 2.24) is 19.8 Å². The van der Waals surface area contributed by atoms with Gasteiger partial charge in [0.2, 0.25) is 5.91 Å². The second-order valence-electron chi connectivity index (χ2n) is 8.62. The lowest BCUT2D eigenvalue weighted by Gasteiger charge is -2.47. The standard InChI is InChI=1S/C21H30N4O3/c1-15-18(12-22-16(2)23-15)20(27)24-9-7-21(8-10-24)6-5-19(26)25(14-21)13-17-4-3-11-28-17/h12,17H,3-11,13-14H2,1-2H3/t17-/m1/s1. The molecular weight excluding hydrogens is 356 g/mol. The molecule has 1 spiro atoms. The average Bonchev–Trinajstić information content (AvgIpc) is 3.18. The molecule has 0 saturated carbocycles. The van der Waals surface area contributed by atoms with Crippen LogP contribution in [0.15, 0.2) is 6.20 Å². The van der Waals surface area contributed by atoms with Gasteiger partial charge in [0.05, 0.1) is 17.4 Å². The zero-order valence-corrected chi connectivity index (χ0v) is 16.9. The highest BCUT2D eigenvalue weighted by Gasteiger charge is 2.42. The first-order valence-electron chi connectivity index (χ1n) is 10.4. The Morgan fingerprint density at radius 1 is 1.29 bits per heavy atom. The van der Waals surface area contributed by atoms with Crippen molar-refractivity contribution in [2.24, 2.45) is 5.41 Å². The Labute approximate surface area is 166 Å². The van der Waals surface area contributed by atoms with Crippen LogP contribution in [-0.2, 0) is 9.53 Å². The molecule has 1 aromatic rings. The minimum absolute atomic E-state index is 0.0236. The molecule has 0 bridgehead atoms. The van der Waals surface area contributed by atoms with E-state index in [2.05, 4.69) is 9.97 Å². The van der Waals surface area contributed by atoms with Gasteiger partial charge in [-0.2, -0.15) is 0 Å². The molecule has 0 radical (unpaired) electrons. The first kappa shape index (κ1) is 19.3. The Kier molecular flexibility index (Phi) is 5.36. The molecule has 3 aliphatic rings. The fourth-order valence-corrected chi connectivity index (χ4v) is 4.86. The Hall–Kier alpha value is -2.02. The fourth-order valence-electron chi connectivity index (χ4n) is 4.86. The lowest BCUT2D eigenvalue weighted by atomic mass is 9.72. The molecule has 7 heteroatoms. The molecule has 152 valence electrons. The fraction of sp³-hybridized carbons (Fsp3) is 0.714. The summed E-state index contributed by atoms with van der Waals surface area (Å²) in [5.41, 5.74) is 1.48. The normalized spacial score (nSPS) is 24.8. The largest absolute Gasteiger partial charge is 0.376 e. The number of ether oxygens (including phenoxy) is 1. The van der Waals surface area contributed by atoms with E-state index in [0.29, 0.717) is 17.8 Å². The van der Waals surface area contributed by atoms with Gasteiger partial charge in [-0.15, -0.1) is 0 Å². The van der Waals surface area contributed by atoms with Crippen LogP contribution in [0.2, 0.25) is 0 Å². The van der Waals surface area contributed by atoms with Gasteiger partial charge in [0.25, 0.3) is 5.91 Å². The average molecular weight is 386 g/mol. The van der Waals surface area contributed by atoms with Crippen LogP contribution in [0.1, 0.15) is 60.4 Å². The molecule has 3 aliphatic heterocycles. The van der Waals surface area contributed by atoms with Gasteiger partial charge in [-0.05, 0) is 51.4 Å². The quantitative estimate of drug-likeness (QED) is 0.795. The van der Waals surface area contributed by atoms with Crippen LogP contribution >= 0.6 is 0 Å². The summed E-state index contributed by atoms with van der Waals surface area (Å²) in [5, 5.41) is 0. The second kappa shape index (κ2) is 7.78. The molecule has 0 aliphatic carbocycles. The van der Waals surface area contributed by atoms with Gasteiger partial charge in [-0.3, -0.25) is 9.59 Å². The molecule has 1 atom stereocenters. The lowest BCUT2D eigenvalue weighted by Crippen LogP contribution is -2.53. The number of hydrogen-bond donors (Lipinski definition) is 0. The molecule has 4 heterocycles. The number of amides is 2. The van der Waals surface area contributed by atoms with E-state index in [4.69, 9.17) is 4.74 Å². The van der Waals surface area contributed by atoms with E-state index in [-0.39, 0.29) is 23.3 Å². The van der Waals surface area contributed by atoms with Crippen LogP contribution in [0.4, 0.5) is 0 Å². The summed E-state index contributed by atoms with van der Waals surface area (Å²) < 4.78 is 5.74. The smallest absolute Gasteiger partial charge is 0.257 e. The number of aryl methyl sites for hydroxylation is 2. The third kappa shape index (κ3) is 3.90. The van der Waals surface area contributed by atoms with E-state index < -0.39 is 0 Å². The number of aromatic nitrogens is 2. The summed E-state index contributed by atoms with van der Waals surface area (Å²) >= 11 is 0. The number of carbonyl (C=O) groups is 2. The summed E-state index contributed by atoms with van der Waals surface area (Å²) in [5.74, 6) is 0.965. The maximum atomic E-state index is 12.9. The Bertz CT molecular complexity index is 752. The SMILES string of the molecule is Cc1ncc(C(=O)N2CCC3(CCC(=O)N(C[C@H]4CCCO4)C3)CC2)c(C)n1. The molecule has 0 unspecified atom stereocenters. The van der Waals surface area contributed by atoms with Crippen molar-refractivity contribution in [3.63, 3.8) is 0 Å². The van der Waals surface area contributed by atoms with Gasteiger partial charge in [-0.1, -0.05) is 0 Å². The van der Waals surface area contributed by atoms with E-state index >= 15 is 0 Å². The van der Waals surface area contributed by atoms with Crippen LogP contribution < -0.4 is 0 Å². The summed E-state index contributed by atoms with van der Waals surface area (Å²) in [7, 11) is 0. The van der Waals surface area contributed by atoms with Crippen molar-refractivity contribution in [2.45, 2.75) is 58.5 Å². The van der Waals surface area contributed by atoms with Gasteiger partial charge in [0, 0.05) is 45.4 Å². The molecule has 0 N–H and O–H groups in total. The molecule has 3 saturated heterocycles. The van der Waals surface area contributed by atoms with Crippen molar-refractivity contribution in [3.8, 4) is 0 Å². The zero-order valence-electron chi connectivity index (χ0n) is 16.9. The highest BCUT2D eigenvalue weighted by Crippen LogP contribution is 2.40. The summed E-state index contributed by atoms with van der Waals surface area (Å²) in [6, 6.07) is 0. The van der Waals surface area contributed by atoms with E-state index in [1.807, 2.05) is 23.6 Å². The molecule has 0 aromatic carbocycles. The lowest BCUT2D eigenvalue weighted by molar-refractivity contribution is -0.141. The van der Waals surface area contributed by atoms with Crippen LogP contribution in [0.5, 0.6) is 0 Å². The molecule has 3 fully saturated rings. The first-order chi connectivity index (χ1) is 13.5. The van der Waals surface area contributed by atoms with Crippen molar-refractivity contribution >= 4 is 11.8 Å².